The van der Waals surface area contributed by atoms with E-state index in [-0.39, 0.29) is 24.3 Å². The Labute approximate surface area is 142 Å². The van der Waals surface area contributed by atoms with Gasteiger partial charge in [-0.3, -0.25) is 9.59 Å². The molecular weight excluding hydrogens is 326 g/mol. The first-order valence-corrected chi connectivity index (χ1v) is 7.26. The van der Waals surface area contributed by atoms with Gasteiger partial charge in [0.15, 0.2) is 5.82 Å². The minimum absolute atomic E-state index is 0.191. The number of aryl methyl sites for hydroxylation is 1. The van der Waals surface area contributed by atoms with Gasteiger partial charge in [0.25, 0.3) is 5.56 Å². The molecule has 0 aliphatic carbocycles. The predicted molar refractivity (Wildman–Crippen MR) is 86.5 cm³/mol. The third-order valence-electron chi connectivity index (χ3n) is 3.25. The van der Waals surface area contributed by atoms with E-state index in [9.17, 15) is 9.59 Å². The Morgan fingerprint density at radius 1 is 1.32 bits per heavy atom. The number of hydrogen-bond donors (Lipinski definition) is 1. The van der Waals surface area contributed by atoms with E-state index in [1.807, 2.05) is 31.2 Å². The normalized spacial score (nSPS) is 9.84. The minimum atomic E-state index is -0.332. The topological polar surface area (TPSA) is 111 Å². The van der Waals surface area contributed by atoms with Crippen LogP contribution in [0.3, 0.4) is 0 Å². The highest BCUT2D eigenvalue weighted by Crippen LogP contribution is 2.16. The van der Waals surface area contributed by atoms with E-state index < -0.39 is 0 Å². The Balaban J connectivity index is 0.000000701. The van der Waals surface area contributed by atoms with Crippen LogP contribution in [0.4, 0.5) is 0 Å². The number of hydrogen-bond acceptors (Lipinski definition) is 6. The summed E-state index contributed by atoms with van der Waals surface area (Å²) in [5, 5.41) is 4.42. The maximum atomic E-state index is 12.1. The summed E-state index contributed by atoms with van der Waals surface area (Å²) in [6.45, 7) is 3.47. The van der Waals surface area contributed by atoms with Crippen LogP contribution in [0.2, 0.25) is 0 Å². The number of carbonyl (C=O) groups is 1. The summed E-state index contributed by atoms with van der Waals surface area (Å²) in [5.74, 6) is 0.138. The van der Waals surface area contributed by atoms with Gasteiger partial charge in [-0.1, -0.05) is 18.2 Å². The molecule has 0 aliphatic rings. The maximum Gasteiger partial charge on any atom is 0.373 e. The number of fused-ring (bicyclic) bond motifs is 1. The highest BCUT2D eigenvalue weighted by Gasteiger charge is 2.08. The lowest BCUT2D eigenvalue weighted by Gasteiger charge is -2.06. The number of aromatic nitrogens is 3. The summed E-state index contributed by atoms with van der Waals surface area (Å²) in [6.07, 6.45) is 2.05. The fraction of sp³-hybridized carbons (Fsp3) is 0.176. The molecule has 2 heterocycles. The zero-order valence-electron chi connectivity index (χ0n) is 13.6. The van der Waals surface area contributed by atoms with Crippen LogP contribution in [0.15, 0.2) is 41.3 Å². The standard InChI is InChI=1S/C16H15N3O3.CO2/c1-10-6-14-16(21)17-15(18-19(14)8-10)13-5-3-4-12(7-13)9-22-11(2)20;2-1-3/h3-8H,9H2,1-2H3,(H,17,18,21);. The Kier molecular flexibility index (Phi) is 5.60. The van der Waals surface area contributed by atoms with Gasteiger partial charge < -0.3 is 9.72 Å². The number of aromatic amines is 1. The lowest BCUT2D eigenvalue weighted by Crippen LogP contribution is -2.13. The number of ether oxygens (including phenoxy) is 1. The van der Waals surface area contributed by atoms with Crippen molar-refractivity contribution in [3.05, 3.63) is 58.0 Å². The molecule has 0 atom stereocenters. The maximum absolute atomic E-state index is 12.1. The molecule has 0 unspecified atom stereocenters. The van der Waals surface area contributed by atoms with E-state index in [2.05, 4.69) is 10.1 Å². The molecule has 8 heteroatoms. The molecule has 0 amide bonds. The van der Waals surface area contributed by atoms with Gasteiger partial charge in [-0.05, 0) is 30.2 Å². The molecule has 0 saturated heterocycles. The lowest BCUT2D eigenvalue weighted by atomic mass is 10.1. The molecule has 3 aromatic rings. The summed E-state index contributed by atoms with van der Waals surface area (Å²) in [7, 11) is 0. The van der Waals surface area contributed by atoms with Crippen molar-refractivity contribution in [2.45, 2.75) is 20.5 Å². The van der Waals surface area contributed by atoms with Crippen molar-refractivity contribution >= 4 is 17.6 Å². The molecule has 8 nitrogen and oxygen atoms in total. The second-order valence-electron chi connectivity index (χ2n) is 5.21. The van der Waals surface area contributed by atoms with Crippen molar-refractivity contribution in [3.8, 4) is 11.4 Å². The molecule has 0 spiro atoms. The number of rotatable bonds is 3. The fourth-order valence-electron chi connectivity index (χ4n) is 2.26. The van der Waals surface area contributed by atoms with Crippen LogP contribution in [-0.4, -0.2) is 26.7 Å². The van der Waals surface area contributed by atoms with Gasteiger partial charge in [0, 0.05) is 18.7 Å². The second kappa shape index (κ2) is 7.85. The smallest absolute Gasteiger partial charge is 0.373 e. The molecule has 128 valence electrons. The molecule has 3 rings (SSSR count). The fourth-order valence-corrected chi connectivity index (χ4v) is 2.26. The number of esters is 1. The molecule has 0 fully saturated rings. The van der Waals surface area contributed by atoms with Crippen molar-refractivity contribution in [2.75, 3.05) is 0 Å². The molecule has 0 radical (unpaired) electrons. The third kappa shape index (κ3) is 4.49. The summed E-state index contributed by atoms with van der Waals surface area (Å²) < 4.78 is 6.55. The summed E-state index contributed by atoms with van der Waals surface area (Å²) in [5.41, 5.74) is 2.88. The summed E-state index contributed by atoms with van der Waals surface area (Å²) in [4.78, 5) is 42.0. The van der Waals surface area contributed by atoms with E-state index in [1.165, 1.54) is 6.92 Å². The Bertz CT molecular complexity index is 997. The monoisotopic (exact) mass is 341 g/mol. The van der Waals surface area contributed by atoms with Crippen LogP contribution in [0, 0.1) is 6.92 Å². The van der Waals surface area contributed by atoms with Crippen LogP contribution < -0.4 is 5.56 Å². The van der Waals surface area contributed by atoms with E-state index >= 15 is 0 Å². The molecule has 1 N–H and O–H groups in total. The SMILES string of the molecule is CC(=O)OCc1cccc(-c2nn3cc(C)cc3c(=O)[nH]2)c1.O=C=O. The highest BCUT2D eigenvalue weighted by atomic mass is 16.5. The van der Waals surface area contributed by atoms with E-state index in [4.69, 9.17) is 14.3 Å². The van der Waals surface area contributed by atoms with Gasteiger partial charge in [0.2, 0.25) is 0 Å². The van der Waals surface area contributed by atoms with E-state index in [1.54, 1.807) is 16.8 Å². The highest BCUT2D eigenvalue weighted by molar-refractivity contribution is 5.66. The van der Waals surface area contributed by atoms with Crippen LogP contribution in [0.1, 0.15) is 18.1 Å². The molecular formula is C17H15N3O5. The first-order valence-electron chi connectivity index (χ1n) is 7.26. The Morgan fingerprint density at radius 2 is 2.04 bits per heavy atom. The van der Waals surface area contributed by atoms with Crippen LogP contribution in [0.5, 0.6) is 0 Å². The second-order valence-corrected chi connectivity index (χ2v) is 5.21. The lowest BCUT2D eigenvalue weighted by molar-refractivity contribution is -0.191. The van der Waals surface area contributed by atoms with E-state index in [0.717, 1.165) is 16.7 Å². The van der Waals surface area contributed by atoms with Crippen LogP contribution >= 0.6 is 0 Å². The number of carbonyl (C=O) groups excluding carboxylic acids is 3. The van der Waals surface area contributed by atoms with E-state index in [0.29, 0.717) is 11.3 Å². The molecule has 0 bridgehead atoms. The Hall–Kier alpha value is -3.51. The van der Waals surface area contributed by atoms with Gasteiger partial charge in [-0.2, -0.15) is 9.59 Å². The molecule has 25 heavy (non-hydrogen) atoms. The number of nitrogens with one attached hydrogen (secondary N) is 1. The number of H-pyrrole nitrogens is 1. The first-order chi connectivity index (χ1) is 11.9. The average molecular weight is 341 g/mol. The van der Waals surface area contributed by atoms with Crippen molar-refractivity contribution in [1.29, 1.82) is 0 Å². The van der Waals surface area contributed by atoms with Crippen molar-refractivity contribution in [2.24, 2.45) is 0 Å². The van der Waals surface area contributed by atoms with Gasteiger partial charge in [0.1, 0.15) is 12.1 Å². The molecule has 1 aromatic carbocycles. The summed E-state index contributed by atoms with van der Waals surface area (Å²) >= 11 is 0. The van der Waals surface area contributed by atoms with Gasteiger partial charge in [0.05, 0.1) is 0 Å². The predicted octanol–water partition coefficient (Wildman–Crippen LogP) is 1.48. The zero-order valence-corrected chi connectivity index (χ0v) is 13.6. The first kappa shape index (κ1) is 17.8. The largest absolute Gasteiger partial charge is 0.461 e. The van der Waals surface area contributed by atoms with Crippen molar-refractivity contribution < 1.29 is 19.1 Å². The minimum Gasteiger partial charge on any atom is -0.461 e. The van der Waals surface area contributed by atoms with Crippen molar-refractivity contribution in [3.63, 3.8) is 0 Å². The summed E-state index contributed by atoms with van der Waals surface area (Å²) in [6, 6.07) is 9.15. The quantitative estimate of drug-likeness (QED) is 0.722. The van der Waals surface area contributed by atoms with Gasteiger partial charge in [-0.15, -0.1) is 5.10 Å². The number of benzene rings is 1. The molecule has 0 aliphatic heterocycles. The van der Waals surface area contributed by atoms with Crippen molar-refractivity contribution in [1.82, 2.24) is 14.6 Å². The number of nitrogens with zero attached hydrogens (tertiary/aromatic N) is 2. The van der Waals surface area contributed by atoms with Crippen LogP contribution in [-0.2, 0) is 25.7 Å². The Morgan fingerprint density at radius 3 is 2.72 bits per heavy atom. The zero-order chi connectivity index (χ0) is 18.4. The third-order valence-corrected chi connectivity index (χ3v) is 3.25. The van der Waals surface area contributed by atoms with Gasteiger partial charge >= 0.3 is 12.1 Å². The van der Waals surface area contributed by atoms with Gasteiger partial charge in [-0.25, -0.2) is 4.52 Å². The molecule has 2 aromatic heterocycles. The molecule has 0 saturated carbocycles. The van der Waals surface area contributed by atoms with Crippen LogP contribution in [0.25, 0.3) is 16.9 Å². The average Bonchev–Trinajstić information content (AvgIpc) is 2.95.